The van der Waals surface area contributed by atoms with E-state index >= 15 is 0 Å². The van der Waals surface area contributed by atoms with Gasteiger partial charge < -0.3 is 9.47 Å². The van der Waals surface area contributed by atoms with Crippen molar-refractivity contribution in [3.8, 4) is 11.5 Å². The van der Waals surface area contributed by atoms with Crippen molar-refractivity contribution in [1.29, 1.82) is 0 Å². The molecule has 162 valence electrons. The summed E-state index contributed by atoms with van der Waals surface area (Å²) in [7, 11) is 1.57. The summed E-state index contributed by atoms with van der Waals surface area (Å²) in [4.78, 5) is 18.0. The Morgan fingerprint density at radius 1 is 1.26 bits per heavy atom. The van der Waals surface area contributed by atoms with Gasteiger partial charge in [-0.25, -0.2) is 4.98 Å². The predicted molar refractivity (Wildman–Crippen MR) is 132 cm³/mol. The number of fused-ring (bicyclic) bond motifs is 1. The van der Waals surface area contributed by atoms with Gasteiger partial charge in [-0.2, -0.15) is 9.78 Å². The largest absolute Gasteiger partial charge is 0.493 e. The first-order chi connectivity index (χ1) is 14.9. The Balaban J connectivity index is 2.13. The predicted octanol–water partition coefficient (Wildman–Crippen LogP) is 5.89. The fourth-order valence-electron chi connectivity index (χ4n) is 2.97. The Bertz CT molecular complexity index is 1200. The summed E-state index contributed by atoms with van der Waals surface area (Å²) in [5.74, 6) is 1.82. The molecule has 1 atom stereocenters. The van der Waals surface area contributed by atoms with E-state index in [4.69, 9.17) is 14.5 Å². The molecule has 2 aromatic carbocycles. The highest BCUT2D eigenvalue weighted by molar-refractivity contribution is 9.10. The molecule has 1 aromatic heterocycles. The fourth-order valence-corrected chi connectivity index (χ4v) is 3.76. The zero-order valence-corrected chi connectivity index (χ0v) is 20.7. The average molecular weight is 549 g/mol. The molecule has 3 rings (SSSR count). The Morgan fingerprint density at radius 2 is 2.03 bits per heavy atom. The summed E-state index contributed by atoms with van der Waals surface area (Å²) in [6.07, 6.45) is 4.11. The molecule has 1 heterocycles. The standard InChI is InChI=1S/C23H23Br2N3O3/c1-5-9-31-21-12-18(25)15(10-20(21)30-4)13-26-28-22(14(3)6-2)27-19-8-7-16(24)11-17(19)23(28)29/h5,7-8,10-14H,1,6,9H2,2-4H3/t14-/m1/s1. The lowest BCUT2D eigenvalue weighted by atomic mass is 10.1. The molecule has 0 aliphatic rings. The van der Waals surface area contributed by atoms with Crippen LogP contribution in [0.2, 0.25) is 0 Å². The lowest BCUT2D eigenvalue weighted by Gasteiger charge is -2.14. The van der Waals surface area contributed by atoms with Gasteiger partial charge in [-0.1, -0.05) is 42.4 Å². The van der Waals surface area contributed by atoms with Crippen LogP contribution in [0, 0.1) is 0 Å². The molecule has 8 heteroatoms. The zero-order chi connectivity index (χ0) is 22.5. The van der Waals surface area contributed by atoms with Crippen LogP contribution in [0.1, 0.15) is 37.6 Å². The number of aromatic nitrogens is 2. The third kappa shape index (κ3) is 5.07. The quantitative estimate of drug-likeness (QED) is 0.260. The minimum absolute atomic E-state index is 0.0607. The van der Waals surface area contributed by atoms with Gasteiger partial charge >= 0.3 is 0 Å². The van der Waals surface area contributed by atoms with E-state index in [0.717, 1.165) is 20.9 Å². The molecule has 0 N–H and O–H groups in total. The number of hydrogen-bond acceptors (Lipinski definition) is 5. The number of rotatable bonds is 8. The number of nitrogens with zero attached hydrogens (tertiary/aromatic N) is 3. The van der Waals surface area contributed by atoms with Crippen molar-refractivity contribution in [3.05, 3.63) is 73.7 Å². The first kappa shape index (κ1) is 23.2. The molecule has 0 radical (unpaired) electrons. The summed E-state index contributed by atoms with van der Waals surface area (Å²) >= 11 is 6.97. The van der Waals surface area contributed by atoms with Crippen LogP contribution < -0.4 is 15.0 Å². The Labute approximate surface area is 197 Å². The minimum atomic E-state index is -0.216. The van der Waals surface area contributed by atoms with Crippen LogP contribution in [-0.4, -0.2) is 29.6 Å². The van der Waals surface area contributed by atoms with Crippen LogP contribution in [-0.2, 0) is 0 Å². The van der Waals surface area contributed by atoms with Crippen LogP contribution >= 0.6 is 31.9 Å². The van der Waals surface area contributed by atoms with E-state index in [1.807, 2.05) is 19.1 Å². The summed E-state index contributed by atoms with van der Waals surface area (Å²) in [5, 5.41) is 5.01. The number of hydrogen-bond donors (Lipinski definition) is 0. The zero-order valence-electron chi connectivity index (χ0n) is 17.6. The maximum atomic E-state index is 13.2. The number of halogens is 2. The molecule has 0 saturated carbocycles. The third-order valence-electron chi connectivity index (χ3n) is 4.84. The minimum Gasteiger partial charge on any atom is -0.493 e. The number of ether oxygens (including phenoxy) is 2. The molecule has 0 unspecified atom stereocenters. The van der Waals surface area contributed by atoms with Gasteiger partial charge in [0.05, 0.1) is 24.2 Å². The van der Waals surface area contributed by atoms with E-state index in [0.29, 0.717) is 34.8 Å². The molecule has 0 amide bonds. The Morgan fingerprint density at radius 3 is 2.71 bits per heavy atom. The van der Waals surface area contributed by atoms with E-state index in [-0.39, 0.29) is 11.5 Å². The molecule has 0 saturated heterocycles. The van der Waals surface area contributed by atoms with Crippen LogP contribution in [0.25, 0.3) is 10.9 Å². The highest BCUT2D eigenvalue weighted by Crippen LogP contribution is 2.33. The van der Waals surface area contributed by atoms with Gasteiger partial charge in [0.1, 0.15) is 12.4 Å². The SMILES string of the molecule is C=CCOc1cc(Br)c(C=Nn2c([C@H](C)CC)nc3ccc(Br)cc3c2=O)cc1OC. The van der Waals surface area contributed by atoms with Crippen molar-refractivity contribution in [2.45, 2.75) is 26.2 Å². The van der Waals surface area contributed by atoms with Gasteiger partial charge in [0.2, 0.25) is 0 Å². The van der Waals surface area contributed by atoms with Crippen LogP contribution in [0.15, 0.2) is 61.8 Å². The summed E-state index contributed by atoms with van der Waals surface area (Å²) in [6, 6.07) is 9.08. The maximum Gasteiger partial charge on any atom is 0.282 e. The van der Waals surface area contributed by atoms with Crippen LogP contribution in [0.3, 0.4) is 0 Å². The smallest absolute Gasteiger partial charge is 0.282 e. The van der Waals surface area contributed by atoms with E-state index in [1.54, 1.807) is 37.6 Å². The summed E-state index contributed by atoms with van der Waals surface area (Å²) < 4.78 is 14.0. The monoisotopic (exact) mass is 547 g/mol. The second kappa shape index (κ2) is 10.2. The van der Waals surface area contributed by atoms with E-state index in [9.17, 15) is 4.79 Å². The van der Waals surface area contributed by atoms with Gasteiger partial charge in [0, 0.05) is 20.4 Å². The topological polar surface area (TPSA) is 65.7 Å². The van der Waals surface area contributed by atoms with Crippen molar-refractivity contribution < 1.29 is 9.47 Å². The van der Waals surface area contributed by atoms with Gasteiger partial charge in [0.25, 0.3) is 5.56 Å². The van der Waals surface area contributed by atoms with Gasteiger partial charge in [-0.05, 0) is 52.7 Å². The van der Waals surface area contributed by atoms with Crippen molar-refractivity contribution in [2.75, 3.05) is 13.7 Å². The fraction of sp³-hybridized carbons (Fsp3) is 0.261. The van der Waals surface area contributed by atoms with Crippen molar-refractivity contribution >= 4 is 49.0 Å². The molecule has 3 aromatic rings. The van der Waals surface area contributed by atoms with Crippen molar-refractivity contribution in [1.82, 2.24) is 9.66 Å². The van der Waals surface area contributed by atoms with E-state index < -0.39 is 0 Å². The van der Waals surface area contributed by atoms with Crippen LogP contribution in [0.4, 0.5) is 0 Å². The summed E-state index contributed by atoms with van der Waals surface area (Å²) in [6.45, 7) is 8.11. The molecule has 0 aliphatic heterocycles. The molecule has 0 fully saturated rings. The highest BCUT2D eigenvalue weighted by Gasteiger charge is 2.16. The van der Waals surface area contributed by atoms with Gasteiger partial charge in [-0.15, -0.1) is 0 Å². The normalized spacial score (nSPS) is 12.3. The molecule has 0 aliphatic carbocycles. The van der Waals surface area contributed by atoms with Gasteiger partial charge in [0.15, 0.2) is 11.5 Å². The Kier molecular flexibility index (Phi) is 7.67. The lowest BCUT2D eigenvalue weighted by molar-refractivity contribution is 0.326. The molecule has 0 spiro atoms. The molecular formula is C23H23Br2N3O3. The summed E-state index contributed by atoms with van der Waals surface area (Å²) in [5.41, 5.74) is 1.17. The van der Waals surface area contributed by atoms with Gasteiger partial charge in [-0.3, -0.25) is 4.79 Å². The first-order valence-corrected chi connectivity index (χ1v) is 11.4. The van der Waals surface area contributed by atoms with E-state index in [1.165, 1.54) is 4.68 Å². The average Bonchev–Trinajstić information content (AvgIpc) is 2.77. The molecule has 31 heavy (non-hydrogen) atoms. The van der Waals surface area contributed by atoms with Crippen molar-refractivity contribution in [3.63, 3.8) is 0 Å². The first-order valence-electron chi connectivity index (χ1n) is 9.77. The number of benzene rings is 2. The van der Waals surface area contributed by atoms with E-state index in [2.05, 4.69) is 50.5 Å². The molecule has 0 bridgehead atoms. The Hall–Kier alpha value is -2.45. The second-order valence-corrected chi connectivity index (χ2v) is 8.70. The second-order valence-electron chi connectivity index (χ2n) is 6.93. The maximum absolute atomic E-state index is 13.2. The van der Waals surface area contributed by atoms with Crippen LogP contribution in [0.5, 0.6) is 11.5 Å². The molecular weight excluding hydrogens is 526 g/mol. The highest BCUT2D eigenvalue weighted by atomic mass is 79.9. The molecule has 6 nitrogen and oxygen atoms in total. The lowest BCUT2D eigenvalue weighted by Crippen LogP contribution is -2.23. The van der Waals surface area contributed by atoms with Crippen molar-refractivity contribution in [2.24, 2.45) is 5.10 Å². The third-order valence-corrected chi connectivity index (χ3v) is 6.02. The number of methoxy groups -OCH3 is 1.